The van der Waals surface area contributed by atoms with Gasteiger partial charge >= 0.3 is 0 Å². The molecule has 0 fully saturated rings. The third kappa shape index (κ3) is 5.20. The number of anilines is 2. The van der Waals surface area contributed by atoms with Crippen LogP contribution >= 0.6 is 0 Å². The van der Waals surface area contributed by atoms with Crippen LogP contribution in [0.4, 0.5) is 11.4 Å². The van der Waals surface area contributed by atoms with Gasteiger partial charge in [-0.2, -0.15) is 0 Å². The number of fused-ring (bicyclic) bond motifs is 8. The molecule has 55 heavy (non-hydrogen) atoms. The maximum Gasteiger partial charge on any atom is 0.143 e. The molecule has 260 valence electrons. The minimum Gasteiger partial charge on any atom is -0.455 e. The van der Waals surface area contributed by atoms with E-state index in [-0.39, 0.29) is 0 Å². The van der Waals surface area contributed by atoms with E-state index in [1.54, 1.807) is 0 Å². The summed E-state index contributed by atoms with van der Waals surface area (Å²) in [5, 5.41) is 7.11. The molecule has 0 N–H and O–H groups in total. The number of furan rings is 1. The highest BCUT2D eigenvalue weighted by atomic mass is 16.3. The van der Waals surface area contributed by atoms with Crippen molar-refractivity contribution in [2.45, 2.75) is 12.8 Å². The molecule has 8 aromatic carbocycles. The number of aromatic nitrogens is 1. The number of rotatable bonds is 6. The summed E-state index contributed by atoms with van der Waals surface area (Å²) >= 11 is 0. The highest BCUT2D eigenvalue weighted by molar-refractivity contribution is 6.19. The van der Waals surface area contributed by atoms with E-state index < -0.39 is 0 Å². The molecule has 1 aliphatic carbocycles. The summed E-state index contributed by atoms with van der Waals surface area (Å²) in [4.78, 5) is 2.38. The van der Waals surface area contributed by atoms with E-state index in [2.05, 4.69) is 204 Å². The van der Waals surface area contributed by atoms with E-state index in [1.807, 2.05) is 0 Å². The maximum absolute atomic E-state index is 6.64. The summed E-state index contributed by atoms with van der Waals surface area (Å²) in [5.41, 5.74) is 13.6. The first-order valence-electron chi connectivity index (χ1n) is 19.1. The molecular formula is C52H36N2O. The zero-order valence-electron chi connectivity index (χ0n) is 30.2. The van der Waals surface area contributed by atoms with Crippen LogP contribution in [-0.4, -0.2) is 4.57 Å². The minimum atomic E-state index is 0.905. The molecule has 0 saturated carbocycles. The van der Waals surface area contributed by atoms with Crippen LogP contribution in [0, 0.1) is 0 Å². The fourth-order valence-electron chi connectivity index (χ4n) is 8.60. The van der Waals surface area contributed by atoms with Gasteiger partial charge in [0.2, 0.25) is 0 Å². The number of para-hydroxylation sites is 2. The summed E-state index contributed by atoms with van der Waals surface area (Å²) in [6.07, 6.45) is 8.98. The summed E-state index contributed by atoms with van der Waals surface area (Å²) in [7, 11) is 0. The van der Waals surface area contributed by atoms with Crippen molar-refractivity contribution in [3.05, 3.63) is 200 Å². The van der Waals surface area contributed by atoms with Crippen LogP contribution in [0.2, 0.25) is 0 Å². The molecule has 3 heteroatoms. The lowest BCUT2D eigenvalue weighted by Gasteiger charge is -2.28. The van der Waals surface area contributed by atoms with Crippen molar-refractivity contribution < 1.29 is 4.42 Å². The summed E-state index contributed by atoms with van der Waals surface area (Å²) in [6, 6.07) is 63.5. The first kappa shape index (κ1) is 31.4. The number of hydrogen-bond acceptors (Lipinski definition) is 2. The fourth-order valence-corrected chi connectivity index (χ4v) is 8.60. The van der Waals surface area contributed by atoms with Gasteiger partial charge in [0, 0.05) is 49.7 Å². The molecule has 0 unspecified atom stereocenters. The molecule has 10 aromatic rings. The molecule has 0 spiro atoms. The summed E-state index contributed by atoms with van der Waals surface area (Å²) < 4.78 is 9.01. The van der Waals surface area contributed by atoms with Gasteiger partial charge in [-0.15, -0.1) is 0 Å². The lowest BCUT2D eigenvalue weighted by Crippen LogP contribution is -2.16. The summed E-state index contributed by atoms with van der Waals surface area (Å²) in [5.74, 6) is 0. The Morgan fingerprint density at radius 3 is 1.76 bits per heavy atom. The van der Waals surface area contributed by atoms with Gasteiger partial charge in [0.1, 0.15) is 11.2 Å². The van der Waals surface area contributed by atoms with E-state index in [0.717, 1.165) is 62.8 Å². The Hall–Kier alpha value is -7.10. The molecule has 2 aromatic heterocycles. The Balaban J connectivity index is 0.997. The Kier molecular flexibility index (Phi) is 7.31. The zero-order valence-corrected chi connectivity index (χ0v) is 30.2. The van der Waals surface area contributed by atoms with Gasteiger partial charge in [-0.05, 0) is 113 Å². The fraction of sp³-hybridized carbons (Fsp3) is 0.0385. The number of hydrogen-bond donors (Lipinski definition) is 0. The van der Waals surface area contributed by atoms with Crippen molar-refractivity contribution in [1.82, 2.24) is 4.57 Å². The second-order valence-electron chi connectivity index (χ2n) is 14.4. The van der Waals surface area contributed by atoms with Crippen molar-refractivity contribution in [3.8, 4) is 27.9 Å². The normalized spacial score (nSPS) is 13.0. The highest BCUT2D eigenvalue weighted by Gasteiger charge is 2.19. The molecule has 2 heterocycles. The molecule has 0 bridgehead atoms. The smallest absolute Gasteiger partial charge is 0.143 e. The van der Waals surface area contributed by atoms with Crippen molar-refractivity contribution in [2.24, 2.45) is 0 Å². The quantitative estimate of drug-likeness (QED) is 0.172. The van der Waals surface area contributed by atoms with Crippen LogP contribution in [0.1, 0.15) is 12.8 Å². The van der Waals surface area contributed by atoms with Crippen molar-refractivity contribution in [1.29, 1.82) is 0 Å². The Bertz CT molecular complexity index is 3070. The lowest BCUT2D eigenvalue weighted by molar-refractivity contribution is 0.673. The standard InChI is InChI=1S/C52H36N2O/c1-3-13-35(14-4-1)37-25-32-45-48-34-47(42-17-7-8-20-46(42)52(48)55-51(45)33-37)36-23-26-39(27-24-36)53(38-15-5-2-6-16-38)40-28-30-41(31-29-40)54-49-21-11-9-18-43(49)44-19-10-12-22-50(44)54/h1,3-5,7-34H,2,6H2. The van der Waals surface area contributed by atoms with Gasteiger partial charge in [-0.1, -0.05) is 121 Å². The van der Waals surface area contributed by atoms with E-state index in [1.165, 1.54) is 49.6 Å². The van der Waals surface area contributed by atoms with Crippen molar-refractivity contribution in [3.63, 3.8) is 0 Å². The first-order valence-corrected chi connectivity index (χ1v) is 19.1. The molecule has 0 radical (unpaired) electrons. The zero-order chi connectivity index (χ0) is 36.3. The Labute approximate surface area is 319 Å². The predicted molar refractivity (Wildman–Crippen MR) is 231 cm³/mol. The summed E-state index contributed by atoms with van der Waals surface area (Å²) in [6.45, 7) is 0. The number of allylic oxidation sites excluding steroid dienone is 3. The van der Waals surface area contributed by atoms with Gasteiger partial charge in [-0.25, -0.2) is 0 Å². The second kappa shape index (κ2) is 12.8. The monoisotopic (exact) mass is 704 g/mol. The Morgan fingerprint density at radius 1 is 0.455 bits per heavy atom. The van der Waals surface area contributed by atoms with Crippen molar-refractivity contribution in [2.75, 3.05) is 4.90 Å². The molecule has 0 atom stereocenters. The van der Waals surface area contributed by atoms with Crippen LogP contribution in [0.3, 0.4) is 0 Å². The van der Waals surface area contributed by atoms with Crippen LogP contribution in [-0.2, 0) is 0 Å². The van der Waals surface area contributed by atoms with Crippen LogP contribution in [0.25, 0.3) is 82.5 Å². The first-order chi connectivity index (χ1) is 27.3. The minimum absolute atomic E-state index is 0.905. The van der Waals surface area contributed by atoms with Crippen LogP contribution in [0.15, 0.2) is 204 Å². The molecule has 3 nitrogen and oxygen atoms in total. The topological polar surface area (TPSA) is 21.3 Å². The van der Waals surface area contributed by atoms with Crippen LogP contribution in [0.5, 0.6) is 0 Å². The third-order valence-corrected chi connectivity index (χ3v) is 11.2. The largest absolute Gasteiger partial charge is 0.455 e. The van der Waals surface area contributed by atoms with E-state index in [0.29, 0.717) is 0 Å². The molecule has 11 rings (SSSR count). The number of nitrogens with zero attached hydrogens (tertiary/aromatic N) is 2. The van der Waals surface area contributed by atoms with Crippen LogP contribution < -0.4 is 4.90 Å². The van der Waals surface area contributed by atoms with Gasteiger partial charge in [0.15, 0.2) is 0 Å². The molecule has 0 aliphatic heterocycles. The van der Waals surface area contributed by atoms with Gasteiger partial charge < -0.3 is 13.9 Å². The third-order valence-electron chi connectivity index (χ3n) is 11.2. The van der Waals surface area contributed by atoms with E-state index in [4.69, 9.17) is 4.42 Å². The number of benzene rings is 8. The van der Waals surface area contributed by atoms with Gasteiger partial charge in [0.25, 0.3) is 0 Å². The molecular weight excluding hydrogens is 669 g/mol. The average molecular weight is 705 g/mol. The van der Waals surface area contributed by atoms with Crippen molar-refractivity contribution >= 4 is 65.9 Å². The lowest BCUT2D eigenvalue weighted by atomic mass is 9.95. The average Bonchev–Trinajstić information content (AvgIpc) is 3.80. The highest BCUT2D eigenvalue weighted by Crippen LogP contribution is 2.42. The molecule has 1 aliphatic rings. The predicted octanol–water partition coefficient (Wildman–Crippen LogP) is 14.5. The molecule has 0 amide bonds. The second-order valence-corrected chi connectivity index (χ2v) is 14.4. The van der Waals surface area contributed by atoms with Gasteiger partial charge in [-0.3, -0.25) is 0 Å². The van der Waals surface area contributed by atoms with Gasteiger partial charge in [0.05, 0.1) is 11.0 Å². The van der Waals surface area contributed by atoms with E-state index in [9.17, 15) is 0 Å². The maximum atomic E-state index is 6.64. The molecule has 0 saturated heterocycles. The van der Waals surface area contributed by atoms with E-state index >= 15 is 0 Å². The Morgan fingerprint density at radius 2 is 1.07 bits per heavy atom. The SMILES string of the molecule is C1=CC(N(c2ccc(-c3cc4c5ccc(-c6ccccc6)cc5oc4c4ccccc34)cc2)c2ccc(-n3c4ccccc4c4ccccc43)cc2)=CCC1.